The van der Waals surface area contributed by atoms with Crippen molar-refractivity contribution in [1.29, 1.82) is 0 Å². The van der Waals surface area contributed by atoms with Crippen LogP contribution in [0.4, 0.5) is 0 Å². The lowest BCUT2D eigenvalue weighted by Gasteiger charge is -2.00. The van der Waals surface area contributed by atoms with Crippen molar-refractivity contribution >= 4 is 24.8 Å². The SMILES string of the molecule is CC[C@@H](N)c1cnco1.Cl.Cl. The van der Waals surface area contributed by atoms with Gasteiger partial charge >= 0.3 is 0 Å². The Labute approximate surface area is 78.2 Å². The maximum absolute atomic E-state index is 5.60. The molecular formula is C6H12Cl2N2O. The standard InChI is InChI=1S/C6H10N2O.2ClH/c1-2-5(7)6-3-8-4-9-6;;/h3-5H,2,7H2,1H3;2*1H/t5-;;/m1../s1. The molecule has 1 atom stereocenters. The molecule has 1 aromatic rings. The van der Waals surface area contributed by atoms with E-state index >= 15 is 0 Å². The van der Waals surface area contributed by atoms with Crippen LogP contribution >= 0.6 is 24.8 Å². The summed E-state index contributed by atoms with van der Waals surface area (Å²) < 4.78 is 4.95. The van der Waals surface area contributed by atoms with Crippen LogP contribution < -0.4 is 5.73 Å². The summed E-state index contributed by atoms with van der Waals surface area (Å²) in [7, 11) is 0. The highest BCUT2D eigenvalue weighted by molar-refractivity contribution is 5.85. The molecule has 3 nitrogen and oxygen atoms in total. The first-order valence-electron chi connectivity index (χ1n) is 2.98. The topological polar surface area (TPSA) is 52.0 Å². The Bertz CT molecular complexity index is 167. The molecule has 1 aromatic heterocycles. The Kier molecular flexibility index (Phi) is 7.84. The second-order valence-corrected chi connectivity index (χ2v) is 1.92. The maximum atomic E-state index is 5.60. The zero-order valence-electron chi connectivity index (χ0n) is 6.19. The fourth-order valence-corrected chi connectivity index (χ4v) is 0.610. The Morgan fingerprint density at radius 3 is 2.64 bits per heavy atom. The van der Waals surface area contributed by atoms with Crippen LogP contribution in [0.5, 0.6) is 0 Å². The van der Waals surface area contributed by atoms with Crippen LogP contribution in [-0.4, -0.2) is 4.98 Å². The van der Waals surface area contributed by atoms with Gasteiger partial charge in [-0.25, -0.2) is 4.98 Å². The van der Waals surface area contributed by atoms with Crippen molar-refractivity contribution in [1.82, 2.24) is 4.98 Å². The fourth-order valence-electron chi connectivity index (χ4n) is 0.610. The molecule has 0 aromatic carbocycles. The van der Waals surface area contributed by atoms with Gasteiger partial charge in [-0.3, -0.25) is 0 Å². The number of nitrogens with two attached hydrogens (primary N) is 1. The normalized spacial score (nSPS) is 11.1. The van der Waals surface area contributed by atoms with Crippen LogP contribution in [0.15, 0.2) is 17.0 Å². The first-order chi connectivity index (χ1) is 4.34. The van der Waals surface area contributed by atoms with Gasteiger partial charge in [-0.1, -0.05) is 6.92 Å². The summed E-state index contributed by atoms with van der Waals surface area (Å²) in [4.78, 5) is 3.74. The molecule has 5 heteroatoms. The molecule has 0 saturated carbocycles. The van der Waals surface area contributed by atoms with E-state index in [9.17, 15) is 0 Å². The minimum absolute atomic E-state index is 0. The van der Waals surface area contributed by atoms with E-state index in [2.05, 4.69) is 4.98 Å². The number of hydrogen-bond acceptors (Lipinski definition) is 3. The average Bonchev–Trinajstić information content (AvgIpc) is 2.37. The van der Waals surface area contributed by atoms with Crippen molar-refractivity contribution in [3.05, 3.63) is 18.4 Å². The molecule has 11 heavy (non-hydrogen) atoms. The minimum atomic E-state index is 0. The van der Waals surface area contributed by atoms with Crippen LogP contribution in [0.1, 0.15) is 25.1 Å². The summed E-state index contributed by atoms with van der Waals surface area (Å²) in [6.07, 6.45) is 3.92. The molecule has 0 fully saturated rings. The number of oxazole rings is 1. The molecule has 0 aliphatic heterocycles. The van der Waals surface area contributed by atoms with Gasteiger partial charge in [0.15, 0.2) is 6.39 Å². The fraction of sp³-hybridized carbons (Fsp3) is 0.500. The van der Waals surface area contributed by atoms with Gasteiger partial charge in [-0.15, -0.1) is 24.8 Å². The third-order valence-electron chi connectivity index (χ3n) is 1.26. The van der Waals surface area contributed by atoms with Gasteiger partial charge in [0.2, 0.25) is 0 Å². The molecule has 0 amide bonds. The molecule has 0 saturated heterocycles. The van der Waals surface area contributed by atoms with E-state index in [1.165, 1.54) is 6.39 Å². The van der Waals surface area contributed by atoms with Crippen LogP contribution in [0, 0.1) is 0 Å². The van der Waals surface area contributed by atoms with E-state index in [1.54, 1.807) is 6.20 Å². The zero-order valence-corrected chi connectivity index (χ0v) is 7.82. The highest BCUT2D eigenvalue weighted by Crippen LogP contribution is 2.10. The summed E-state index contributed by atoms with van der Waals surface area (Å²) in [5, 5.41) is 0. The van der Waals surface area contributed by atoms with Crippen LogP contribution in [0.3, 0.4) is 0 Å². The number of aromatic nitrogens is 1. The molecule has 0 aliphatic carbocycles. The van der Waals surface area contributed by atoms with Crippen molar-refractivity contribution in [3.63, 3.8) is 0 Å². The molecule has 66 valence electrons. The lowest BCUT2D eigenvalue weighted by Crippen LogP contribution is -2.06. The smallest absolute Gasteiger partial charge is 0.180 e. The van der Waals surface area contributed by atoms with Gasteiger partial charge < -0.3 is 10.2 Å². The summed E-state index contributed by atoms with van der Waals surface area (Å²) in [5.41, 5.74) is 5.60. The second-order valence-electron chi connectivity index (χ2n) is 1.92. The van der Waals surface area contributed by atoms with E-state index in [0.29, 0.717) is 0 Å². The molecule has 1 rings (SSSR count). The molecule has 0 radical (unpaired) electrons. The zero-order chi connectivity index (χ0) is 6.69. The summed E-state index contributed by atoms with van der Waals surface area (Å²) >= 11 is 0. The Morgan fingerprint density at radius 1 is 1.64 bits per heavy atom. The van der Waals surface area contributed by atoms with E-state index < -0.39 is 0 Å². The largest absolute Gasteiger partial charge is 0.447 e. The molecule has 0 aliphatic rings. The van der Waals surface area contributed by atoms with E-state index in [0.717, 1.165) is 12.2 Å². The monoisotopic (exact) mass is 198 g/mol. The van der Waals surface area contributed by atoms with Crippen LogP contribution in [-0.2, 0) is 0 Å². The van der Waals surface area contributed by atoms with Crippen LogP contribution in [0.2, 0.25) is 0 Å². The minimum Gasteiger partial charge on any atom is -0.447 e. The molecule has 2 N–H and O–H groups in total. The van der Waals surface area contributed by atoms with Gasteiger partial charge in [0.1, 0.15) is 5.76 Å². The van der Waals surface area contributed by atoms with Crippen molar-refractivity contribution in [3.8, 4) is 0 Å². The Hall–Kier alpha value is -0.250. The van der Waals surface area contributed by atoms with Gasteiger partial charge in [-0.05, 0) is 6.42 Å². The molecule has 0 unspecified atom stereocenters. The van der Waals surface area contributed by atoms with E-state index in [4.69, 9.17) is 10.2 Å². The number of rotatable bonds is 2. The number of hydrogen-bond donors (Lipinski definition) is 1. The lowest BCUT2D eigenvalue weighted by atomic mass is 10.2. The second kappa shape index (κ2) is 6.46. The van der Waals surface area contributed by atoms with Crippen molar-refractivity contribution < 1.29 is 4.42 Å². The molecule has 0 spiro atoms. The van der Waals surface area contributed by atoms with Gasteiger partial charge in [0.25, 0.3) is 0 Å². The van der Waals surface area contributed by atoms with Crippen molar-refractivity contribution in [2.45, 2.75) is 19.4 Å². The van der Waals surface area contributed by atoms with E-state index in [1.807, 2.05) is 6.92 Å². The van der Waals surface area contributed by atoms with Gasteiger partial charge in [0.05, 0.1) is 12.2 Å². The Balaban J connectivity index is 0. The summed E-state index contributed by atoms with van der Waals surface area (Å²) in [5.74, 6) is 0.762. The quantitative estimate of drug-likeness (QED) is 0.791. The molecule has 1 heterocycles. The number of nitrogens with zero attached hydrogens (tertiary/aromatic N) is 1. The third-order valence-corrected chi connectivity index (χ3v) is 1.26. The van der Waals surface area contributed by atoms with E-state index in [-0.39, 0.29) is 30.9 Å². The Morgan fingerprint density at radius 2 is 2.27 bits per heavy atom. The predicted molar refractivity (Wildman–Crippen MR) is 48.2 cm³/mol. The molecule has 0 bridgehead atoms. The first kappa shape index (κ1) is 13.3. The summed E-state index contributed by atoms with van der Waals surface area (Å²) in [6, 6.07) is 0.00694. The molecular weight excluding hydrogens is 187 g/mol. The third kappa shape index (κ3) is 3.60. The van der Waals surface area contributed by atoms with Crippen molar-refractivity contribution in [2.24, 2.45) is 5.73 Å². The number of halogens is 2. The highest BCUT2D eigenvalue weighted by atomic mass is 35.5. The maximum Gasteiger partial charge on any atom is 0.180 e. The van der Waals surface area contributed by atoms with Gasteiger partial charge in [-0.2, -0.15) is 0 Å². The summed E-state index contributed by atoms with van der Waals surface area (Å²) in [6.45, 7) is 2.01. The van der Waals surface area contributed by atoms with Crippen molar-refractivity contribution in [2.75, 3.05) is 0 Å². The predicted octanol–water partition coefficient (Wildman–Crippen LogP) is 1.93. The first-order valence-corrected chi connectivity index (χ1v) is 2.98. The van der Waals surface area contributed by atoms with Gasteiger partial charge in [0, 0.05) is 0 Å². The average molecular weight is 199 g/mol. The highest BCUT2D eigenvalue weighted by Gasteiger charge is 2.04. The lowest BCUT2D eigenvalue weighted by molar-refractivity contribution is 0.457. The van der Waals surface area contributed by atoms with Crippen LogP contribution in [0.25, 0.3) is 0 Å².